The van der Waals surface area contributed by atoms with E-state index in [1.165, 1.54) is 37.0 Å². The third kappa shape index (κ3) is 3.65. The number of amides is 2. The zero-order valence-electron chi connectivity index (χ0n) is 15.3. The van der Waals surface area contributed by atoms with Gasteiger partial charge >= 0.3 is 0 Å². The van der Waals surface area contributed by atoms with Crippen LogP contribution in [0.15, 0.2) is 36.9 Å². The van der Waals surface area contributed by atoms with E-state index < -0.39 is 0 Å². The molecule has 1 aromatic heterocycles. The molecule has 0 bridgehead atoms. The molecule has 6 nitrogen and oxygen atoms in total. The third-order valence-electron chi connectivity index (χ3n) is 5.47. The van der Waals surface area contributed by atoms with Gasteiger partial charge in [-0.2, -0.15) is 5.10 Å². The first-order chi connectivity index (χ1) is 13.1. The van der Waals surface area contributed by atoms with Crippen molar-refractivity contribution in [1.29, 1.82) is 0 Å². The predicted octanol–water partition coefficient (Wildman–Crippen LogP) is 3.60. The smallest absolute Gasteiger partial charge is 0.259 e. The summed E-state index contributed by atoms with van der Waals surface area (Å²) in [7, 11) is 0. The van der Waals surface area contributed by atoms with E-state index in [4.69, 9.17) is 0 Å². The fraction of sp³-hybridized carbons (Fsp3) is 0.381. The van der Waals surface area contributed by atoms with Crippen LogP contribution in [0.1, 0.15) is 53.7 Å². The van der Waals surface area contributed by atoms with Crippen LogP contribution < -0.4 is 5.32 Å². The molecule has 2 amide bonds. The number of aromatic amines is 1. The molecule has 0 spiro atoms. The Morgan fingerprint density at radius 1 is 1.22 bits per heavy atom. The number of nitrogens with zero attached hydrogens (tertiary/aromatic N) is 2. The Labute approximate surface area is 158 Å². The summed E-state index contributed by atoms with van der Waals surface area (Å²) in [5.74, 6) is 0.728. The van der Waals surface area contributed by atoms with Crippen molar-refractivity contribution in [3.63, 3.8) is 0 Å². The van der Waals surface area contributed by atoms with E-state index in [0.717, 1.165) is 17.7 Å². The van der Waals surface area contributed by atoms with Gasteiger partial charge in [0.15, 0.2) is 5.82 Å². The molecule has 0 unspecified atom stereocenters. The lowest BCUT2D eigenvalue weighted by Gasteiger charge is -2.20. The molecule has 0 radical (unpaired) electrons. The van der Waals surface area contributed by atoms with Crippen molar-refractivity contribution in [3.05, 3.63) is 53.7 Å². The fourth-order valence-corrected chi connectivity index (χ4v) is 4.06. The van der Waals surface area contributed by atoms with Crippen LogP contribution in [0.3, 0.4) is 0 Å². The summed E-state index contributed by atoms with van der Waals surface area (Å²) in [6, 6.07) is 9.16. The van der Waals surface area contributed by atoms with E-state index >= 15 is 0 Å². The van der Waals surface area contributed by atoms with Gasteiger partial charge in [0, 0.05) is 28.6 Å². The van der Waals surface area contributed by atoms with Gasteiger partial charge in [-0.3, -0.25) is 19.6 Å². The van der Waals surface area contributed by atoms with Crippen LogP contribution in [0.25, 0.3) is 5.70 Å². The summed E-state index contributed by atoms with van der Waals surface area (Å²) in [6.45, 7) is 3.89. The molecule has 1 aromatic carbocycles. The van der Waals surface area contributed by atoms with Gasteiger partial charge in [-0.1, -0.05) is 56.9 Å². The molecule has 2 aliphatic rings. The quantitative estimate of drug-likeness (QED) is 0.851. The van der Waals surface area contributed by atoms with Gasteiger partial charge in [-0.15, -0.1) is 0 Å². The number of H-pyrrole nitrogens is 1. The predicted molar refractivity (Wildman–Crippen MR) is 104 cm³/mol. The maximum absolute atomic E-state index is 12.5. The van der Waals surface area contributed by atoms with Gasteiger partial charge < -0.3 is 5.32 Å². The first kappa shape index (κ1) is 17.5. The minimum atomic E-state index is -0.284. The Balaban J connectivity index is 1.35. The number of aromatic nitrogens is 2. The monoisotopic (exact) mass is 364 g/mol. The lowest BCUT2D eigenvalue weighted by molar-refractivity contribution is -0.116. The number of carbonyl (C=O) groups excluding carboxylic acids is 2. The zero-order chi connectivity index (χ0) is 18.8. The first-order valence-electron chi connectivity index (χ1n) is 9.56. The second-order valence-electron chi connectivity index (χ2n) is 7.42. The van der Waals surface area contributed by atoms with Crippen molar-refractivity contribution in [3.8, 4) is 0 Å². The van der Waals surface area contributed by atoms with Gasteiger partial charge in [0.1, 0.15) is 6.54 Å². The summed E-state index contributed by atoms with van der Waals surface area (Å²) >= 11 is 0. The van der Waals surface area contributed by atoms with Gasteiger partial charge in [-0.25, -0.2) is 0 Å². The normalized spacial score (nSPS) is 17.3. The number of benzene rings is 1. The van der Waals surface area contributed by atoms with Crippen molar-refractivity contribution in [1.82, 2.24) is 15.1 Å². The Bertz CT molecular complexity index is 845. The fourth-order valence-electron chi connectivity index (χ4n) is 4.06. The van der Waals surface area contributed by atoms with Crippen molar-refractivity contribution in [2.45, 2.75) is 38.5 Å². The number of rotatable bonds is 5. The molecule has 0 saturated heterocycles. The molecular weight excluding hydrogens is 340 g/mol. The van der Waals surface area contributed by atoms with Crippen LogP contribution in [-0.2, 0) is 11.2 Å². The maximum atomic E-state index is 12.5. The van der Waals surface area contributed by atoms with E-state index in [2.05, 4.69) is 22.1 Å². The lowest BCUT2D eigenvalue weighted by Crippen LogP contribution is -2.32. The number of nitrogens with one attached hydrogen (secondary N) is 2. The highest BCUT2D eigenvalue weighted by atomic mass is 16.2. The summed E-state index contributed by atoms with van der Waals surface area (Å²) in [6.07, 6.45) is 7.45. The Morgan fingerprint density at radius 3 is 2.70 bits per heavy atom. The molecular formula is C21H24N4O2. The Morgan fingerprint density at radius 2 is 1.96 bits per heavy atom. The van der Waals surface area contributed by atoms with Crippen LogP contribution in [0, 0.1) is 5.92 Å². The topological polar surface area (TPSA) is 78.1 Å². The van der Waals surface area contributed by atoms with Gasteiger partial charge in [-0.05, 0) is 18.4 Å². The molecule has 6 heteroatoms. The van der Waals surface area contributed by atoms with Gasteiger partial charge in [0.05, 0.1) is 0 Å². The summed E-state index contributed by atoms with van der Waals surface area (Å²) in [5.41, 5.74) is 2.98. The largest absolute Gasteiger partial charge is 0.308 e. The van der Waals surface area contributed by atoms with Crippen molar-refractivity contribution >= 4 is 23.3 Å². The molecule has 1 aliphatic carbocycles. The number of hydrogen-bond acceptors (Lipinski definition) is 3. The van der Waals surface area contributed by atoms with E-state index in [9.17, 15) is 9.59 Å². The molecule has 27 heavy (non-hydrogen) atoms. The van der Waals surface area contributed by atoms with Crippen LogP contribution in [0.5, 0.6) is 0 Å². The van der Waals surface area contributed by atoms with E-state index in [0.29, 0.717) is 23.0 Å². The molecule has 2 heterocycles. The third-order valence-corrected chi connectivity index (χ3v) is 5.47. The van der Waals surface area contributed by atoms with Crippen LogP contribution >= 0.6 is 0 Å². The second-order valence-corrected chi connectivity index (χ2v) is 7.42. The number of fused-ring (bicyclic) bond motifs is 1. The van der Waals surface area contributed by atoms with Gasteiger partial charge in [0.25, 0.3) is 5.91 Å². The Hall–Kier alpha value is -2.89. The average molecular weight is 364 g/mol. The average Bonchev–Trinajstić information content (AvgIpc) is 3.21. The molecule has 1 aliphatic heterocycles. The summed E-state index contributed by atoms with van der Waals surface area (Å²) < 4.78 is 0. The standard InChI is InChI=1S/C21H24N4O2/c1-14-17-9-5-6-10-18(17)21(27)25(14)13-20(26)22-19-12-16(23-24-19)11-15-7-3-2-4-8-15/h5-6,9-10,12,15H,1-4,7-8,11,13H2,(H2,22,23,24,26). The van der Waals surface area contributed by atoms with Crippen molar-refractivity contribution in [2.75, 3.05) is 11.9 Å². The van der Waals surface area contributed by atoms with Crippen LogP contribution in [0.2, 0.25) is 0 Å². The number of anilines is 1. The van der Waals surface area contributed by atoms with E-state index in [1.807, 2.05) is 24.3 Å². The van der Waals surface area contributed by atoms with Crippen LogP contribution in [-0.4, -0.2) is 33.5 Å². The molecule has 1 saturated carbocycles. The zero-order valence-corrected chi connectivity index (χ0v) is 15.3. The number of carbonyl (C=O) groups is 2. The van der Waals surface area contributed by atoms with E-state index in [1.54, 1.807) is 6.07 Å². The van der Waals surface area contributed by atoms with Crippen molar-refractivity contribution < 1.29 is 9.59 Å². The van der Waals surface area contributed by atoms with E-state index in [-0.39, 0.29) is 18.4 Å². The van der Waals surface area contributed by atoms with Gasteiger partial charge in [0.2, 0.25) is 5.91 Å². The SMILES string of the molecule is C=C1c2ccccc2C(=O)N1CC(=O)Nc1cc(CC2CCCCC2)[nH]n1. The number of hydrogen-bond donors (Lipinski definition) is 2. The minimum absolute atomic E-state index is 0.0723. The highest BCUT2D eigenvalue weighted by molar-refractivity contribution is 6.11. The van der Waals surface area contributed by atoms with Crippen molar-refractivity contribution in [2.24, 2.45) is 5.92 Å². The molecule has 1 fully saturated rings. The summed E-state index contributed by atoms with van der Waals surface area (Å²) in [4.78, 5) is 26.3. The lowest BCUT2D eigenvalue weighted by atomic mass is 9.86. The molecule has 140 valence electrons. The molecule has 2 aromatic rings. The maximum Gasteiger partial charge on any atom is 0.259 e. The highest BCUT2D eigenvalue weighted by Gasteiger charge is 2.31. The highest BCUT2D eigenvalue weighted by Crippen LogP contribution is 2.31. The Kier molecular flexibility index (Phi) is 4.79. The second kappa shape index (κ2) is 7.39. The summed E-state index contributed by atoms with van der Waals surface area (Å²) in [5, 5.41) is 9.99. The van der Waals surface area contributed by atoms with Crippen LogP contribution in [0.4, 0.5) is 5.82 Å². The first-order valence-corrected chi connectivity index (χ1v) is 9.56. The molecule has 0 atom stereocenters. The molecule has 4 rings (SSSR count). The molecule has 2 N–H and O–H groups in total. The minimum Gasteiger partial charge on any atom is -0.308 e.